The molecular formula is C18H15ClOS. The van der Waals surface area contributed by atoms with Gasteiger partial charge >= 0.3 is 0 Å². The fraction of sp³-hybridized carbons (Fsp3) is 0.222. The van der Waals surface area contributed by atoms with Gasteiger partial charge < -0.3 is 4.74 Å². The van der Waals surface area contributed by atoms with Crippen molar-refractivity contribution < 1.29 is 4.74 Å². The molecule has 0 bridgehead atoms. The highest BCUT2D eigenvalue weighted by atomic mass is 35.5. The van der Waals surface area contributed by atoms with Crippen LogP contribution in [0.4, 0.5) is 0 Å². The topological polar surface area (TPSA) is 9.23 Å². The van der Waals surface area contributed by atoms with Gasteiger partial charge in [0, 0.05) is 11.1 Å². The molecule has 0 radical (unpaired) electrons. The first kappa shape index (κ1) is 13.2. The number of fused-ring (bicyclic) bond motifs is 2. The second-order valence-corrected chi connectivity index (χ2v) is 6.90. The summed E-state index contributed by atoms with van der Waals surface area (Å²) in [6.45, 7) is 2.10. The van der Waals surface area contributed by atoms with Gasteiger partial charge in [-0.1, -0.05) is 30.3 Å². The lowest BCUT2D eigenvalue weighted by molar-refractivity contribution is 0.254. The third kappa shape index (κ3) is 2.23. The number of rotatable bonds is 2. The van der Waals surface area contributed by atoms with Crippen LogP contribution in [0.25, 0.3) is 10.1 Å². The highest BCUT2D eigenvalue weighted by Crippen LogP contribution is 2.39. The maximum Gasteiger partial charge on any atom is 0.123 e. The van der Waals surface area contributed by atoms with Crippen molar-refractivity contribution in [2.45, 2.75) is 24.8 Å². The Bertz CT molecular complexity index is 808. The van der Waals surface area contributed by atoms with E-state index in [-0.39, 0.29) is 11.5 Å². The predicted molar refractivity (Wildman–Crippen MR) is 89.8 cm³/mol. The van der Waals surface area contributed by atoms with Crippen molar-refractivity contribution in [3.63, 3.8) is 0 Å². The van der Waals surface area contributed by atoms with Crippen LogP contribution in [0.1, 0.15) is 29.0 Å². The SMILES string of the molecule is CC1Cc2cc(C(Cl)c3csc4ccccc34)ccc2O1. The fourth-order valence-corrected chi connectivity index (χ4v) is 4.35. The molecule has 106 valence electrons. The molecule has 1 aliphatic heterocycles. The third-order valence-corrected chi connectivity index (χ3v) is 5.47. The molecule has 1 nitrogen and oxygen atoms in total. The first-order valence-electron chi connectivity index (χ1n) is 7.12. The Morgan fingerprint density at radius 2 is 2.10 bits per heavy atom. The summed E-state index contributed by atoms with van der Waals surface area (Å²) in [5, 5.41) is 3.32. The van der Waals surface area contributed by atoms with E-state index in [9.17, 15) is 0 Å². The summed E-state index contributed by atoms with van der Waals surface area (Å²) in [6.07, 6.45) is 1.24. The molecule has 0 amide bonds. The van der Waals surface area contributed by atoms with Gasteiger partial charge in [0.2, 0.25) is 0 Å². The Morgan fingerprint density at radius 1 is 1.24 bits per heavy atom. The molecule has 0 N–H and O–H groups in total. The number of thiophene rings is 1. The van der Waals surface area contributed by atoms with Crippen LogP contribution >= 0.6 is 22.9 Å². The molecule has 0 aliphatic carbocycles. The van der Waals surface area contributed by atoms with Crippen LogP contribution < -0.4 is 4.74 Å². The summed E-state index contributed by atoms with van der Waals surface area (Å²) >= 11 is 8.51. The van der Waals surface area contributed by atoms with Gasteiger partial charge in [-0.05, 0) is 46.5 Å². The highest BCUT2D eigenvalue weighted by molar-refractivity contribution is 7.17. The number of hydrogen-bond acceptors (Lipinski definition) is 2. The maximum absolute atomic E-state index is 6.76. The van der Waals surface area contributed by atoms with Gasteiger partial charge in [-0.15, -0.1) is 22.9 Å². The average molecular weight is 315 g/mol. The second kappa shape index (κ2) is 5.04. The molecule has 1 aliphatic rings. The molecule has 3 aromatic rings. The molecule has 0 saturated heterocycles. The van der Waals surface area contributed by atoms with Crippen molar-refractivity contribution in [1.82, 2.24) is 0 Å². The van der Waals surface area contributed by atoms with Crippen molar-refractivity contribution in [3.8, 4) is 5.75 Å². The Hall–Kier alpha value is -1.51. The second-order valence-electron chi connectivity index (χ2n) is 5.55. The molecule has 21 heavy (non-hydrogen) atoms. The standard InChI is InChI=1S/C18H15ClOS/c1-11-8-13-9-12(6-7-16(13)20-11)18(19)15-10-21-17-5-3-2-4-14(15)17/h2-7,9-11,18H,8H2,1H3. The summed E-state index contributed by atoms with van der Waals surface area (Å²) in [4.78, 5) is 0. The Labute approximate surface area is 133 Å². The van der Waals surface area contributed by atoms with E-state index in [1.165, 1.54) is 21.2 Å². The zero-order valence-corrected chi connectivity index (χ0v) is 13.2. The van der Waals surface area contributed by atoms with Crippen LogP contribution in [0.3, 0.4) is 0 Å². The number of alkyl halides is 1. The molecule has 1 aromatic heterocycles. The summed E-state index contributed by atoms with van der Waals surface area (Å²) in [5.41, 5.74) is 3.62. The predicted octanol–water partition coefficient (Wildman–Crippen LogP) is 5.55. The van der Waals surface area contributed by atoms with Crippen molar-refractivity contribution >= 4 is 33.0 Å². The van der Waals surface area contributed by atoms with Gasteiger partial charge in [-0.25, -0.2) is 0 Å². The summed E-state index contributed by atoms with van der Waals surface area (Å²) in [7, 11) is 0. The van der Waals surface area contributed by atoms with E-state index in [0.29, 0.717) is 0 Å². The minimum atomic E-state index is -0.109. The Kier molecular flexibility index (Phi) is 3.16. The Balaban J connectivity index is 1.75. The first-order valence-corrected chi connectivity index (χ1v) is 8.43. The smallest absolute Gasteiger partial charge is 0.123 e. The van der Waals surface area contributed by atoms with Crippen molar-refractivity contribution in [2.75, 3.05) is 0 Å². The van der Waals surface area contributed by atoms with Crippen LogP contribution in [0.15, 0.2) is 47.8 Å². The zero-order chi connectivity index (χ0) is 14.4. The van der Waals surface area contributed by atoms with Gasteiger partial charge in [0.25, 0.3) is 0 Å². The largest absolute Gasteiger partial charge is 0.490 e. The number of hydrogen-bond donors (Lipinski definition) is 0. The lowest BCUT2D eigenvalue weighted by Gasteiger charge is -2.11. The molecule has 3 heteroatoms. The van der Waals surface area contributed by atoms with Crippen LogP contribution in [0, 0.1) is 0 Å². The quantitative estimate of drug-likeness (QED) is 0.563. The van der Waals surface area contributed by atoms with E-state index < -0.39 is 0 Å². The number of halogens is 1. The van der Waals surface area contributed by atoms with Crippen LogP contribution in [-0.4, -0.2) is 6.10 Å². The van der Waals surface area contributed by atoms with E-state index in [0.717, 1.165) is 17.7 Å². The monoisotopic (exact) mass is 314 g/mol. The van der Waals surface area contributed by atoms with Crippen LogP contribution in [0.2, 0.25) is 0 Å². The average Bonchev–Trinajstić information content (AvgIpc) is 3.07. The van der Waals surface area contributed by atoms with E-state index in [1.54, 1.807) is 11.3 Å². The summed E-state index contributed by atoms with van der Waals surface area (Å²) < 4.78 is 7.05. The minimum absolute atomic E-state index is 0.109. The fourth-order valence-electron chi connectivity index (χ4n) is 2.97. The molecule has 0 fully saturated rings. The number of benzene rings is 2. The molecule has 0 saturated carbocycles. The van der Waals surface area contributed by atoms with Crippen molar-refractivity contribution in [3.05, 3.63) is 64.5 Å². The third-order valence-electron chi connectivity index (χ3n) is 4.00. The summed E-state index contributed by atoms with van der Waals surface area (Å²) in [6, 6.07) is 14.8. The van der Waals surface area contributed by atoms with Crippen LogP contribution in [-0.2, 0) is 6.42 Å². The van der Waals surface area contributed by atoms with Crippen LogP contribution in [0.5, 0.6) is 5.75 Å². The molecule has 2 unspecified atom stereocenters. The van der Waals surface area contributed by atoms with Gasteiger partial charge in [-0.3, -0.25) is 0 Å². The van der Waals surface area contributed by atoms with Gasteiger partial charge in [0.15, 0.2) is 0 Å². The molecule has 4 rings (SSSR count). The first-order chi connectivity index (χ1) is 10.2. The zero-order valence-electron chi connectivity index (χ0n) is 11.7. The maximum atomic E-state index is 6.76. The molecule has 0 spiro atoms. The van der Waals surface area contributed by atoms with E-state index in [4.69, 9.17) is 16.3 Å². The summed E-state index contributed by atoms with van der Waals surface area (Å²) in [5.74, 6) is 1.00. The lowest BCUT2D eigenvalue weighted by atomic mass is 10.00. The van der Waals surface area contributed by atoms with E-state index in [2.05, 4.69) is 54.8 Å². The van der Waals surface area contributed by atoms with E-state index >= 15 is 0 Å². The minimum Gasteiger partial charge on any atom is -0.490 e. The lowest BCUT2D eigenvalue weighted by Crippen LogP contribution is -2.05. The molecule has 2 atom stereocenters. The Morgan fingerprint density at radius 3 is 3.00 bits per heavy atom. The number of ether oxygens (including phenoxy) is 1. The normalized spacial score (nSPS) is 18.5. The molecule has 2 heterocycles. The van der Waals surface area contributed by atoms with Gasteiger partial charge in [-0.2, -0.15) is 0 Å². The van der Waals surface area contributed by atoms with Crippen molar-refractivity contribution in [2.24, 2.45) is 0 Å². The van der Waals surface area contributed by atoms with Gasteiger partial charge in [0.05, 0.1) is 5.38 Å². The molecule has 2 aromatic carbocycles. The van der Waals surface area contributed by atoms with Crippen molar-refractivity contribution in [1.29, 1.82) is 0 Å². The van der Waals surface area contributed by atoms with E-state index in [1.807, 2.05) is 0 Å². The molecular weight excluding hydrogens is 300 g/mol. The highest BCUT2D eigenvalue weighted by Gasteiger charge is 2.22. The van der Waals surface area contributed by atoms with Gasteiger partial charge in [0.1, 0.15) is 11.9 Å².